The molecule has 6 heteroatoms. The van der Waals surface area contributed by atoms with Crippen LogP contribution in [0.5, 0.6) is 11.5 Å². The van der Waals surface area contributed by atoms with Gasteiger partial charge >= 0.3 is 0 Å². The number of carbonyl (C=O) groups excluding carboxylic acids is 2. The van der Waals surface area contributed by atoms with E-state index in [-0.39, 0.29) is 17.9 Å². The SMILES string of the molecule is COc1cc(C(C(=O)NC2CCCCC2)N(C(=O)c2ccccc2)c2ccc(C(C)C)cc2)cc(C)c1OC. The van der Waals surface area contributed by atoms with Crippen LogP contribution in [0.1, 0.15) is 85.0 Å². The number of nitrogens with zero attached hydrogens (tertiary/aromatic N) is 1. The standard InChI is InChI=1S/C33H40N2O4/c1-22(2)24-16-18-28(19-17-24)35(33(37)25-12-8-6-9-13-25)30(32(36)34-27-14-10-7-11-15-27)26-20-23(3)31(39-5)29(21-26)38-4/h6,8-9,12-13,16-22,27,30H,7,10-11,14-15H2,1-5H3,(H,34,36). The van der Waals surface area contributed by atoms with E-state index in [0.29, 0.717) is 34.2 Å². The van der Waals surface area contributed by atoms with Gasteiger partial charge in [-0.2, -0.15) is 0 Å². The Labute approximate surface area is 232 Å². The van der Waals surface area contributed by atoms with Gasteiger partial charge in [-0.15, -0.1) is 0 Å². The molecule has 206 valence electrons. The number of aryl methyl sites for hydroxylation is 1. The maximum Gasteiger partial charge on any atom is 0.259 e. The van der Waals surface area contributed by atoms with Gasteiger partial charge in [0.25, 0.3) is 5.91 Å². The van der Waals surface area contributed by atoms with Crippen molar-refractivity contribution >= 4 is 17.5 Å². The van der Waals surface area contributed by atoms with Crippen LogP contribution in [-0.4, -0.2) is 32.1 Å². The van der Waals surface area contributed by atoms with Crippen molar-refractivity contribution in [2.75, 3.05) is 19.1 Å². The monoisotopic (exact) mass is 528 g/mol. The summed E-state index contributed by atoms with van der Waals surface area (Å²) in [5.41, 5.74) is 3.82. The van der Waals surface area contributed by atoms with Gasteiger partial charge in [-0.1, -0.05) is 63.4 Å². The lowest BCUT2D eigenvalue weighted by Gasteiger charge is -2.34. The van der Waals surface area contributed by atoms with E-state index in [0.717, 1.165) is 36.8 Å². The smallest absolute Gasteiger partial charge is 0.259 e. The zero-order valence-corrected chi connectivity index (χ0v) is 23.7. The summed E-state index contributed by atoms with van der Waals surface area (Å²) in [7, 11) is 3.18. The fourth-order valence-electron chi connectivity index (χ4n) is 5.41. The number of nitrogens with one attached hydrogen (secondary N) is 1. The first-order valence-electron chi connectivity index (χ1n) is 13.9. The van der Waals surface area contributed by atoms with Gasteiger partial charge in [-0.3, -0.25) is 14.5 Å². The van der Waals surface area contributed by atoms with Crippen LogP contribution in [0.4, 0.5) is 5.69 Å². The predicted molar refractivity (Wildman–Crippen MR) is 156 cm³/mol. The van der Waals surface area contributed by atoms with Crippen LogP contribution in [0.3, 0.4) is 0 Å². The molecule has 1 aliphatic rings. The Morgan fingerprint density at radius 3 is 2.13 bits per heavy atom. The highest BCUT2D eigenvalue weighted by molar-refractivity contribution is 6.10. The number of rotatable bonds is 9. The number of anilines is 1. The molecule has 0 bridgehead atoms. The van der Waals surface area contributed by atoms with Crippen molar-refractivity contribution in [2.24, 2.45) is 0 Å². The number of benzene rings is 3. The van der Waals surface area contributed by atoms with E-state index in [2.05, 4.69) is 19.2 Å². The van der Waals surface area contributed by atoms with Gasteiger partial charge < -0.3 is 14.8 Å². The molecule has 0 radical (unpaired) electrons. The number of hydrogen-bond acceptors (Lipinski definition) is 4. The molecule has 6 nitrogen and oxygen atoms in total. The summed E-state index contributed by atoms with van der Waals surface area (Å²) in [5.74, 6) is 1.02. The van der Waals surface area contributed by atoms with Crippen LogP contribution in [0.15, 0.2) is 66.7 Å². The first-order valence-corrected chi connectivity index (χ1v) is 13.9. The highest BCUT2D eigenvalue weighted by atomic mass is 16.5. The van der Waals surface area contributed by atoms with Crippen LogP contribution in [0.25, 0.3) is 0 Å². The lowest BCUT2D eigenvalue weighted by Crippen LogP contribution is -2.47. The van der Waals surface area contributed by atoms with Gasteiger partial charge in [0.15, 0.2) is 11.5 Å². The molecule has 4 rings (SSSR count). The summed E-state index contributed by atoms with van der Waals surface area (Å²) in [6.45, 7) is 6.19. The Morgan fingerprint density at radius 2 is 1.54 bits per heavy atom. The molecule has 0 heterocycles. The number of ether oxygens (including phenoxy) is 2. The molecule has 39 heavy (non-hydrogen) atoms. The van der Waals surface area contributed by atoms with E-state index in [9.17, 15) is 9.59 Å². The number of amides is 2. The quantitative estimate of drug-likeness (QED) is 0.326. The summed E-state index contributed by atoms with van der Waals surface area (Å²) >= 11 is 0. The van der Waals surface area contributed by atoms with E-state index >= 15 is 0 Å². The summed E-state index contributed by atoms with van der Waals surface area (Å²) in [5, 5.41) is 3.28. The van der Waals surface area contributed by atoms with E-state index < -0.39 is 6.04 Å². The number of methoxy groups -OCH3 is 2. The molecular formula is C33H40N2O4. The average molecular weight is 529 g/mol. The first-order chi connectivity index (χ1) is 18.8. The molecule has 1 N–H and O–H groups in total. The lowest BCUT2D eigenvalue weighted by molar-refractivity contribution is -0.123. The van der Waals surface area contributed by atoms with Crippen LogP contribution in [0.2, 0.25) is 0 Å². The third-order valence-corrected chi connectivity index (χ3v) is 7.54. The summed E-state index contributed by atoms with van der Waals surface area (Å²) in [6.07, 6.45) is 5.26. The maximum absolute atomic E-state index is 14.2. The van der Waals surface area contributed by atoms with Crippen molar-refractivity contribution in [3.05, 3.63) is 89.0 Å². The molecular weight excluding hydrogens is 488 g/mol. The van der Waals surface area contributed by atoms with Gasteiger partial charge in [0.2, 0.25) is 5.91 Å². The normalized spacial score (nSPS) is 14.5. The van der Waals surface area contributed by atoms with Crippen molar-refractivity contribution in [3.8, 4) is 11.5 Å². The molecule has 0 aliphatic heterocycles. The Balaban J connectivity index is 1.88. The van der Waals surface area contributed by atoms with Crippen molar-refractivity contribution < 1.29 is 19.1 Å². The van der Waals surface area contributed by atoms with E-state index in [1.807, 2.05) is 61.5 Å². The van der Waals surface area contributed by atoms with Gasteiger partial charge in [-0.05, 0) is 78.8 Å². The fourth-order valence-corrected chi connectivity index (χ4v) is 5.41. The van der Waals surface area contributed by atoms with Crippen molar-refractivity contribution in [1.82, 2.24) is 5.32 Å². The molecule has 1 unspecified atom stereocenters. The molecule has 0 spiro atoms. The minimum atomic E-state index is -0.914. The van der Waals surface area contributed by atoms with Crippen molar-refractivity contribution in [1.29, 1.82) is 0 Å². The molecule has 1 atom stereocenters. The van der Waals surface area contributed by atoms with E-state index in [4.69, 9.17) is 9.47 Å². The maximum atomic E-state index is 14.2. The second-order valence-corrected chi connectivity index (χ2v) is 10.6. The van der Waals surface area contributed by atoms with Crippen molar-refractivity contribution in [2.45, 2.75) is 70.9 Å². The Bertz CT molecular complexity index is 1260. The summed E-state index contributed by atoms with van der Waals surface area (Å²) in [6, 6.07) is 20.0. The molecule has 3 aromatic rings. The summed E-state index contributed by atoms with van der Waals surface area (Å²) in [4.78, 5) is 30.1. The van der Waals surface area contributed by atoms with Gasteiger partial charge in [-0.25, -0.2) is 0 Å². The number of hydrogen-bond donors (Lipinski definition) is 1. The molecule has 2 amide bonds. The Morgan fingerprint density at radius 1 is 0.872 bits per heavy atom. The van der Waals surface area contributed by atoms with Crippen LogP contribution < -0.4 is 19.7 Å². The summed E-state index contributed by atoms with van der Waals surface area (Å²) < 4.78 is 11.2. The van der Waals surface area contributed by atoms with Gasteiger partial charge in [0.1, 0.15) is 6.04 Å². The largest absolute Gasteiger partial charge is 0.493 e. The molecule has 3 aromatic carbocycles. The third kappa shape index (κ3) is 6.44. The first kappa shape index (κ1) is 28.2. The zero-order valence-electron chi connectivity index (χ0n) is 23.7. The minimum Gasteiger partial charge on any atom is -0.493 e. The van der Waals surface area contributed by atoms with Crippen molar-refractivity contribution in [3.63, 3.8) is 0 Å². The van der Waals surface area contributed by atoms with E-state index in [1.165, 1.54) is 6.42 Å². The molecule has 1 saturated carbocycles. The van der Waals surface area contributed by atoms with Crippen LogP contribution in [-0.2, 0) is 4.79 Å². The third-order valence-electron chi connectivity index (χ3n) is 7.54. The fraction of sp³-hybridized carbons (Fsp3) is 0.394. The van der Waals surface area contributed by atoms with E-state index in [1.54, 1.807) is 31.3 Å². The Kier molecular flexibility index (Phi) is 9.28. The zero-order chi connectivity index (χ0) is 27.9. The van der Waals surface area contributed by atoms with Gasteiger partial charge in [0, 0.05) is 17.3 Å². The molecule has 1 fully saturated rings. The van der Waals surface area contributed by atoms with Crippen LogP contribution >= 0.6 is 0 Å². The lowest BCUT2D eigenvalue weighted by atomic mass is 9.94. The highest BCUT2D eigenvalue weighted by Crippen LogP contribution is 2.38. The molecule has 0 aromatic heterocycles. The average Bonchev–Trinajstić information content (AvgIpc) is 2.96. The Hall–Kier alpha value is -3.80. The topological polar surface area (TPSA) is 67.9 Å². The molecule has 1 aliphatic carbocycles. The number of carbonyl (C=O) groups is 2. The second-order valence-electron chi connectivity index (χ2n) is 10.6. The highest BCUT2D eigenvalue weighted by Gasteiger charge is 2.35. The minimum absolute atomic E-state index is 0.0898. The second kappa shape index (κ2) is 12.8. The van der Waals surface area contributed by atoms with Gasteiger partial charge in [0.05, 0.1) is 14.2 Å². The van der Waals surface area contributed by atoms with Crippen LogP contribution in [0, 0.1) is 6.92 Å². The molecule has 0 saturated heterocycles. The predicted octanol–water partition coefficient (Wildman–Crippen LogP) is 6.97.